The van der Waals surface area contributed by atoms with Gasteiger partial charge in [-0.05, 0) is 31.5 Å². The highest BCUT2D eigenvalue weighted by atomic mass is 19.4. The number of benzene rings is 1. The van der Waals surface area contributed by atoms with E-state index < -0.39 is 29.4 Å². The maximum absolute atomic E-state index is 12.9. The van der Waals surface area contributed by atoms with E-state index >= 15 is 0 Å². The Morgan fingerprint density at radius 1 is 1.36 bits per heavy atom. The van der Waals surface area contributed by atoms with Crippen LogP contribution in [0.25, 0.3) is 5.69 Å². The zero-order valence-electron chi connectivity index (χ0n) is 11.6. The number of carbonyl (C=O) groups is 1. The summed E-state index contributed by atoms with van der Waals surface area (Å²) in [4.78, 5) is 23.0. The number of alkyl halides is 3. The highest BCUT2D eigenvalue weighted by Crippen LogP contribution is 2.33. The lowest BCUT2D eigenvalue weighted by molar-refractivity contribution is -0.141. The summed E-state index contributed by atoms with van der Waals surface area (Å²) >= 11 is 0. The third-order valence-corrected chi connectivity index (χ3v) is 3.29. The highest BCUT2D eigenvalue weighted by Gasteiger charge is 2.33. The van der Waals surface area contributed by atoms with Crippen LogP contribution >= 0.6 is 0 Å². The van der Waals surface area contributed by atoms with Crippen LogP contribution in [-0.4, -0.2) is 25.4 Å². The summed E-state index contributed by atoms with van der Waals surface area (Å²) in [5.74, 6) is -1.27. The second kappa shape index (κ2) is 5.32. The SMILES string of the molecule is Cc1c(-n2cnn(C(C)C(=O)O)c2=O)cccc1C(F)(F)F. The summed E-state index contributed by atoms with van der Waals surface area (Å²) in [7, 11) is 0. The number of carboxylic acid groups (broad SMARTS) is 1. The van der Waals surface area contributed by atoms with Crippen molar-refractivity contribution in [3.05, 3.63) is 46.1 Å². The number of carboxylic acids is 1. The van der Waals surface area contributed by atoms with Gasteiger partial charge in [-0.25, -0.2) is 14.2 Å². The molecule has 1 unspecified atom stereocenters. The molecule has 0 saturated heterocycles. The van der Waals surface area contributed by atoms with E-state index in [0.29, 0.717) is 4.68 Å². The molecule has 6 nitrogen and oxygen atoms in total. The van der Waals surface area contributed by atoms with Gasteiger partial charge in [0.1, 0.15) is 6.33 Å². The molecule has 1 heterocycles. The van der Waals surface area contributed by atoms with Crippen LogP contribution in [-0.2, 0) is 11.0 Å². The molecule has 0 bridgehead atoms. The van der Waals surface area contributed by atoms with Gasteiger partial charge in [-0.1, -0.05) is 6.07 Å². The predicted octanol–water partition coefficient (Wildman–Crippen LogP) is 2.01. The quantitative estimate of drug-likeness (QED) is 0.940. The Morgan fingerprint density at radius 3 is 2.55 bits per heavy atom. The van der Waals surface area contributed by atoms with Crippen molar-refractivity contribution in [3.8, 4) is 5.69 Å². The molecule has 0 aliphatic heterocycles. The van der Waals surface area contributed by atoms with E-state index in [4.69, 9.17) is 5.11 Å². The number of halogens is 3. The standard InChI is InChI=1S/C13H12F3N3O3/c1-7-9(13(14,15)16)4-3-5-10(7)18-6-17-19(12(18)22)8(2)11(20)21/h3-6,8H,1-2H3,(H,20,21). The third kappa shape index (κ3) is 2.61. The van der Waals surface area contributed by atoms with Crippen LogP contribution < -0.4 is 5.69 Å². The number of aromatic nitrogens is 3. The molecule has 1 aromatic heterocycles. The van der Waals surface area contributed by atoms with E-state index in [1.165, 1.54) is 26.0 Å². The molecule has 1 atom stereocenters. The van der Waals surface area contributed by atoms with Gasteiger partial charge >= 0.3 is 17.8 Å². The smallest absolute Gasteiger partial charge is 0.416 e. The van der Waals surface area contributed by atoms with E-state index in [9.17, 15) is 22.8 Å². The Morgan fingerprint density at radius 2 is 2.00 bits per heavy atom. The summed E-state index contributed by atoms with van der Waals surface area (Å²) in [5, 5.41) is 12.5. The van der Waals surface area contributed by atoms with E-state index in [1.54, 1.807) is 0 Å². The minimum absolute atomic E-state index is 0.00339. The van der Waals surface area contributed by atoms with Crippen molar-refractivity contribution < 1.29 is 23.1 Å². The molecule has 1 aromatic carbocycles. The molecular formula is C13H12F3N3O3. The number of hydrogen-bond acceptors (Lipinski definition) is 3. The first-order valence-corrected chi connectivity index (χ1v) is 6.20. The lowest BCUT2D eigenvalue weighted by atomic mass is 10.1. The Hall–Kier alpha value is -2.58. The van der Waals surface area contributed by atoms with Crippen molar-refractivity contribution >= 4 is 5.97 Å². The van der Waals surface area contributed by atoms with Gasteiger partial charge in [-0.15, -0.1) is 0 Å². The van der Waals surface area contributed by atoms with E-state index in [0.717, 1.165) is 17.0 Å². The molecule has 0 saturated carbocycles. The fourth-order valence-electron chi connectivity index (χ4n) is 2.04. The van der Waals surface area contributed by atoms with Crippen LogP contribution in [0, 0.1) is 6.92 Å². The van der Waals surface area contributed by atoms with Crippen molar-refractivity contribution in [1.82, 2.24) is 14.3 Å². The summed E-state index contributed by atoms with van der Waals surface area (Å²) in [6, 6.07) is 2.20. The van der Waals surface area contributed by atoms with Gasteiger partial charge in [0.25, 0.3) is 0 Å². The molecule has 0 aliphatic rings. The molecule has 0 radical (unpaired) electrons. The predicted molar refractivity (Wildman–Crippen MR) is 69.9 cm³/mol. The molecule has 0 aliphatic carbocycles. The summed E-state index contributed by atoms with van der Waals surface area (Å²) < 4.78 is 40.3. The van der Waals surface area contributed by atoms with Crippen molar-refractivity contribution in [1.29, 1.82) is 0 Å². The average Bonchev–Trinajstić information content (AvgIpc) is 2.78. The molecule has 0 fully saturated rings. The largest absolute Gasteiger partial charge is 0.480 e. The molecular weight excluding hydrogens is 303 g/mol. The second-order valence-electron chi connectivity index (χ2n) is 4.69. The average molecular weight is 315 g/mol. The fraction of sp³-hybridized carbons (Fsp3) is 0.308. The first kappa shape index (κ1) is 15.8. The van der Waals surface area contributed by atoms with E-state index in [-0.39, 0.29) is 11.3 Å². The van der Waals surface area contributed by atoms with Gasteiger partial charge in [-0.3, -0.25) is 0 Å². The normalized spacial score (nSPS) is 13.1. The Bertz CT molecular complexity index is 777. The van der Waals surface area contributed by atoms with Crippen molar-refractivity contribution in [2.45, 2.75) is 26.1 Å². The second-order valence-corrected chi connectivity index (χ2v) is 4.69. The highest BCUT2D eigenvalue weighted by molar-refractivity contribution is 5.71. The minimum Gasteiger partial charge on any atom is -0.480 e. The van der Waals surface area contributed by atoms with Crippen molar-refractivity contribution in [2.24, 2.45) is 0 Å². The Labute approximate surface area is 122 Å². The van der Waals surface area contributed by atoms with E-state index in [2.05, 4.69) is 5.10 Å². The van der Waals surface area contributed by atoms with Crippen molar-refractivity contribution in [2.75, 3.05) is 0 Å². The molecule has 1 N–H and O–H groups in total. The lowest BCUT2D eigenvalue weighted by Crippen LogP contribution is -2.30. The summed E-state index contributed by atoms with van der Waals surface area (Å²) in [6.07, 6.45) is -3.54. The Balaban J connectivity index is 2.60. The number of aliphatic carboxylic acids is 1. The van der Waals surface area contributed by atoms with Crippen LogP contribution in [0.3, 0.4) is 0 Å². The Kier molecular flexibility index (Phi) is 3.82. The van der Waals surface area contributed by atoms with Gasteiger partial charge in [-0.2, -0.15) is 23.0 Å². The molecule has 0 spiro atoms. The maximum atomic E-state index is 12.9. The number of hydrogen-bond donors (Lipinski definition) is 1. The number of nitrogens with zero attached hydrogens (tertiary/aromatic N) is 3. The summed E-state index contributed by atoms with van der Waals surface area (Å²) in [5.41, 5.74) is -1.82. The van der Waals surface area contributed by atoms with Crippen LogP contribution in [0.2, 0.25) is 0 Å². The van der Waals surface area contributed by atoms with Crippen LogP contribution in [0.1, 0.15) is 24.1 Å². The van der Waals surface area contributed by atoms with E-state index in [1.807, 2.05) is 0 Å². The van der Waals surface area contributed by atoms with Gasteiger partial charge in [0.15, 0.2) is 6.04 Å². The van der Waals surface area contributed by atoms with Gasteiger partial charge < -0.3 is 5.11 Å². The van der Waals surface area contributed by atoms with Gasteiger partial charge in [0.05, 0.1) is 11.3 Å². The minimum atomic E-state index is -4.55. The van der Waals surface area contributed by atoms with Gasteiger partial charge in [0, 0.05) is 0 Å². The zero-order chi connectivity index (χ0) is 16.7. The molecule has 118 valence electrons. The summed E-state index contributed by atoms with van der Waals surface area (Å²) in [6.45, 7) is 2.49. The maximum Gasteiger partial charge on any atom is 0.416 e. The lowest BCUT2D eigenvalue weighted by Gasteiger charge is -2.13. The molecule has 0 amide bonds. The van der Waals surface area contributed by atoms with Crippen LogP contribution in [0.15, 0.2) is 29.3 Å². The van der Waals surface area contributed by atoms with Crippen LogP contribution in [0.5, 0.6) is 0 Å². The third-order valence-electron chi connectivity index (χ3n) is 3.29. The first-order chi connectivity index (χ1) is 10.1. The topological polar surface area (TPSA) is 77.1 Å². The molecule has 2 aromatic rings. The molecule has 2 rings (SSSR count). The van der Waals surface area contributed by atoms with Crippen LogP contribution in [0.4, 0.5) is 13.2 Å². The molecule has 9 heteroatoms. The van der Waals surface area contributed by atoms with Gasteiger partial charge in [0.2, 0.25) is 0 Å². The van der Waals surface area contributed by atoms with Crippen molar-refractivity contribution in [3.63, 3.8) is 0 Å². The fourth-order valence-corrected chi connectivity index (χ4v) is 2.04. The molecule has 22 heavy (non-hydrogen) atoms. The number of rotatable bonds is 3. The first-order valence-electron chi connectivity index (χ1n) is 6.20. The monoisotopic (exact) mass is 315 g/mol. The zero-order valence-corrected chi connectivity index (χ0v) is 11.6.